The van der Waals surface area contributed by atoms with E-state index in [-0.39, 0.29) is 17.2 Å². The molecule has 8 nitrogen and oxygen atoms in total. The van der Waals surface area contributed by atoms with Gasteiger partial charge in [0.15, 0.2) is 6.10 Å². The minimum absolute atomic E-state index is 0.202. The minimum atomic E-state index is -0.859. The van der Waals surface area contributed by atoms with Gasteiger partial charge >= 0.3 is 0 Å². The van der Waals surface area contributed by atoms with Gasteiger partial charge in [0.1, 0.15) is 11.4 Å². The average Bonchev–Trinajstić information content (AvgIpc) is 2.91. The number of benzene rings is 2. The first-order valence-corrected chi connectivity index (χ1v) is 9.47. The number of nitrogens with one attached hydrogen (secondary N) is 2. The van der Waals surface area contributed by atoms with Crippen molar-refractivity contribution >= 4 is 23.2 Å². The number of carbonyl (C=O) groups excluding carboxylic acids is 2. The molecule has 30 heavy (non-hydrogen) atoms. The van der Waals surface area contributed by atoms with Gasteiger partial charge in [0.25, 0.3) is 11.5 Å². The van der Waals surface area contributed by atoms with Crippen LogP contribution in [0.15, 0.2) is 59.4 Å². The zero-order chi connectivity index (χ0) is 21.8. The van der Waals surface area contributed by atoms with E-state index in [1.165, 1.54) is 11.6 Å². The Bertz CT molecular complexity index is 1130. The SMILES string of the molecule is CC(=O)Nc1cccc(OC(C)C(=O)Nc2c(C)n(C)n(-c3ccccc3)c2=O)c1. The quantitative estimate of drug-likeness (QED) is 0.656. The van der Waals surface area contributed by atoms with Crippen LogP contribution < -0.4 is 20.9 Å². The highest BCUT2D eigenvalue weighted by Crippen LogP contribution is 2.19. The summed E-state index contributed by atoms with van der Waals surface area (Å²) in [5.74, 6) is -0.228. The second-order valence-corrected chi connectivity index (χ2v) is 6.89. The molecule has 156 valence electrons. The maximum absolute atomic E-state index is 12.9. The summed E-state index contributed by atoms with van der Waals surface area (Å²) in [6, 6.07) is 15.9. The summed E-state index contributed by atoms with van der Waals surface area (Å²) >= 11 is 0. The summed E-state index contributed by atoms with van der Waals surface area (Å²) < 4.78 is 8.88. The maximum atomic E-state index is 12.9. The lowest BCUT2D eigenvalue weighted by Crippen LogP contribution is -2.32. The lowest BCUT2D eigenvalue weighted by atomic mass is 10.3. The van der Waals surface area contributed by atoms with Crippen LogP contribution in [-0.2, 0) is 16.6 Å². The molecular weight excluding hydrogens is 384 g/mol. The summed E-state index contributed by atoms with van der Waals surface area (Å²) in [6.45, 7) is 4.77. The van der Waals surface area contributed by atoms with Gasteiger partial charge in [-0.1, -0.05) is 24.3 Å². The number of amides is 2. The fraction of sp³-hybridized carbons (Fsp3) is 0.227. The van der Waals surface area contributed by atoms with Gasteiger partial charge in [0.2, 0.25) is 5.91 Å². The highest BCUT2D eigenvalue weighted by atomic mass is 16.5. The number of para-hydroxylation sites is 1. The Morgan fingerprint density at radius 3 is 2.40 bits per heavy atom. The fourth-order valence-corrected chi connectivity index (χ4v) is 3.05. The third-order valence-electron chi connectivity index (χ3n) is 4.64. The molecular formula is C22H24N4O4. The number of carbonyl (C=O) groups is 2. The molecule has 0 saturated carbocycles. The molecule has 0 saturated heterocycles. The summed E-state index contributed by atoms with van der Waals surface area (Å²) in [4.78, 5) is 36.8. The van der Waals surface area contributed by atoms with Crippen molar-refractivity contribution in [3.8, 4) is 11.4 Å². The van der Waals surface area contributed by atoms with Gasteiger partial charge in [-0.25, -0.2) is 4.68 Å². The molecule has 0 aliphatic heterocycles. The van der Waals surface area contributed by atoms with Gasteiger partial charge in [0.05, 0.1) is 11.4 Å². The van der Waals surface area contributed by atoms with E-state index in [2.05, 4.69) is 10.6 Å². The van der Waals surface area contributed by atoms with Crippen LogP contribution >= 0.6 is 0 Å². The summed E-state index contributed by atoms with van der Waals surface area (Å²) in [6.07, 6.45) is -0.859. The zero-order valence-electron chi connectivity index (χ0n) is 17.3. The number of rotatable bonds is 6. The van der Waals surface area contributed by atoms with Crippen LogP contribution in [0.5, 0.6) is 5.75 Å². The van der Waals surface area contributed by atoms with Crippen LogP contribution in [-0.4, -0.2) is 27.3 Å². The zero-order valence-corrected chi connectivity index (χ0v) is 17.3. The molecule has 1 heterocycles. The first kappa shape index (κ1) is 20.9. The highest BCUT2D eigenvalue weighted by Gasteiger charge is 2.22. The number of hydrogen-bond acceptors (Lipinski definition) is 4. The predicted octanol–water partition coefficient (Wildman–Crippen LogP) is 2.85. The molecule has 0 radical (unpaired) electrons. The van der Waals surface area contributed by atoms with E-state index in [4.69, 9.17) is 4.74 Å². The number of aromatic nitrogens is 2. The van der Waals surface area contributed by atoms with Crippen LogP contribution in [0.3, 0.4) is 0 Å². The molecule has 8 heteroatoms. The Balaban J connectivity index is 1.78. The van der Waals surface area contributed by atoms with Crippen molar-refractivity contribution in [1.29, 1.82) is 0 Å². The molecule has 2 amide bonds. The molecule has 2 N–H and O–H groups in total. The molecule has 1 unspecified atom stereocenters. The topological polar surface area (TPSA) is 94.4 Å². The van der Waals surface area contributed by atoms with E-state index >= 15 is 0 Å². The molecule has 2 aromatic carbocycles. The molecule has 3 aromatic rings. The second-order valence-electron chi connectivity index (χ2n) is 6.89. The van der Waals surface area contributed by atoms with Gasteiger partial charge in [-0.3, -0.25) is 19.1 Å². The van der Waals surface area contributed by atoms with E-state index < -0.39 is 12.0 Å². The normalized spacial score (nSPS) is 11.6. The number of ether oxygens (including phenoxy) is 1. The van der Waals surface area contributed by atoms with Gasteiger partial charge in [0, 0.05) is 25.7 Å². The van der Waals surface area contributed by atoms with Crippen LogP contribution in [0.25, 0.3) is 5.69 Å². The van der Waals surface area contributed by atoms with E-state index in [9.17, 15) is 14.4 Å². The van der Waals surface area contributed by atoms with Crippen molar-refractivity contribution < 1.29 is 14.3 Å². The first-order chi connectivity index (χ1) is 14.3. The lowest BCUT2D eigenvalue weighted by molar-refractivity contribution is -0.122. The van der Waals surface area contributed by atoms with Crippen molar-refractivity contribution in [1.82, 2.24) is 9.36 Å². The lowest BCUT2D eigenvalue weighted by Gasteiger charge is -2.15. The average molecular weight is 408 g/mol. The van der Waals surface area contributed by atoms with E-state index in [1.807, 2.05) is 30.3 Å². The molecule has 0 aliphatic carbocycles. The Kier molecular flexibility index (Phi) is 6.06. The fourth-order valence-electron chi connectivity index (χ4n) is 3.05. The van der Waals surface area contributed by atoms with Crippen molar-refractivity contribution in [2.24, 2.45) is 7.05 Å². The molecule has 0 fully saturated rings. The molecule has 3 rings (SSSR count). The standard InChI is InChI=1S/C22H24N4O4/c1-14-20(22(29)26(25(14)4)18-10-6-5-7-11-18)24-21(28)15(2)30-19-12-8-9-17(13-19)23-16(3)27/h5-13,15H,1-4H3,(H,23,27)(H,24,28). The van der Waals surface area contributed by atoms with Gasteiger partial charge in [-0.15, -0.1) is 0 Å². The number of anilines is 2. The van der Waals surface area contributed by atoms with Crippen LogP contribution in [0.2, 0.25) is 0 Å². The summed E-state index contributed by atoms with van der Waals surface area (Å²) in [5, 5.41) is 5.35. The molecule has 0 aliphatic rings. The van der Waals surface area contributed by atoms with E-state index in [0.717, 1.165) is 0 Å². The largest absolute Gasteiger partial charge is 0.481 e. The predicted molar refractivity (Wildman–Crippen MR) is 115 cm³/mol. The van der Waals surface area contributed by atoms with Crippen LogP contribution in [0.1, 0.15) is 19.5 Å². The van der Waals surface area contributed by atoms with Gasteiger partial charge in [-0.05, 0) is 38.1 Å². The maximum Gasteiger partial charge on any atom is 0.295 e. The molecule has 1 aromatic heterocycles. The van der Waals surface area contributed by atoms with E-state index in [1.54, 1.807) is 49.8 Å². The van der Waals surface area contributed by atoms with Crippen molar-refractivity contribution in [3.05, 3.63) is 70.6 Å². The number of hydrogen-bond donors (Lipinski definition) is 2. The van der Waals surface area contributed by atoms with Crippen molar-refractivity contribution in [2.75, 3.05) is 10.6 Å². The highest BCUT2D eigenvalue weighted by molar-refractivity contribution is 5.94. The molecule has 1 atom stereocenters. The first-order valence-electron chi connectivity index (χ1n) is 9.47. The monoisotopic (exact) mass is 408 g/mol. The Hall–Kier alpha value is -3.81. The summed E-state index contributed by atoms with van der Waals surface area (Å²) in [7, 11) is 1.76. The third-order valence-corrected chi connectivity index (χ3v) is 4.64. The third kappa shape index (κ3) is 4.43. The summed E-state index contributed by atoms with van der Waals surface area (Å²) in [5.41, 5.74) is 1.77. The van der Waals surface area contributed by atoms with Gasteiger partial charge in [-0.2, -0.15) is 0 Å². The van der Waals surface area contributed by atoms with Crippen molar-refractivity contribution in [3.63, 3.8) is 0 Å². The van der Waals surface area contributed by atoms with Crippen LogP contribution in [0, 0.1) is 6.92 Å². The Morgan fingerprint density at radius 2 is 1.73 bits per heavy atom. The van der Waals surface area contributed by atoms with E-state index in [0.29, 0.717) is 22.8 Å². The molecule has 0 spiro atoms. The van der Waals surface area contributed by atoms with Crippen molar-refractivity contribution in [2.45, 2.75) is 26.9 Å². The smallest absolute Gasteiger partial charge is 0.295 e. The Labute approximate surface area is 174 Å². The second kappa shape index (κ2) is 8.69. The Morgan fingerprint density at radius 1 is 1.03 bits per heavy atom. The van der Waals surface area contributed by atoms with Gasteiger partial charge < -0.3 is 15.4 Å². The number of nitrogens with zero attached hydrogens (tertiary/aromatic N) is 2. The minimum Gasteiger partial charge on any atom is -0.481 e. The van der Waals surface area contributed by atoms with Crippen LogP contribution in [0.4, 0.5) is 11.4 Å². The molecule has 0 bridgehead atoms.